The Bertz CT molecular complexity index is 974. The predicted octanol–water partition coefficient (Wildman–Crippen LogP) is 2.53. The molecule has 3 aliphatic rings. The number of halogens is 1. The van der Waals surface area contributed by atoms with E-state index in [1.165, 1.54) is 23.5 Å². The lowest BCUT2D eigenvalue weighted by atomic mass is 9.96. The number of hydrogen-bond donors (Lipinski definition) is 1. The van der Waals surface area contributed by atoms with Crippen LogP contribution in [0, 0.1) is 12.7 Å². The van der Waals surface area contributed by atoms with Gasteiger partial charge in [0, 0.05) is 29.8 Å². The fraction of sp³-hybridized carbons (Fsp3) is 0.455. The van der Waals surface area contributed by atoms with E-state index in [-0.39, 0.29) is 11.9 Å². The first kappa shape index (κ1) is 21.7. The van der Waals surface area contributed by atoms with Crippen LogP contribution in [0.4, 0.5) is 14.9 Å². The van der Waals surface area contributed by atoms with Crippen LogP contribution in [0.3, 0.4) is 0 Å². The number of nitrogens with zero attached hydrogens (tertiary/aromatic N) is 1. The van der Waals surface area contributed by atoms with Gasteiger partial charge in [-0.05, 0) is 42.1 Å². The van der Waals surface area contributed by atoms with Crippen LogP contribution >= 0.6 is 11.3 Å². The zero-order valence-electron chi connectivity index (χ0n) is 17.5. The second-order valence-corrected chi connectivity index (χ2v) is 9.59. The molecule has 4 heterocycles. The number of likely N-dealkylation sites (N-methyl/N-ethyl adjacent to an activating group) is 1. The third-order valence-electron chi connectivity index (χ3n) is 6.64. The minimum absolute atomic E-state index is 0.107. The molecule has 9 heteroatoms. The van der Waals surface area contributed by atoms with Crippen molar-refractivity contribution in [2.24, 2.45) is 0 Å². The number of anilines is 1. The summed E-state index contributed by atoms with van der Waals surface area (Å²) in [6.45, 7) is 1.48. The number of benzene rings is 1. The number of carbonyl (C=O) groups excluding carboxylic acids is 2. The summed E-state index contributed by atoms with van der Waals surface area (Å²) < 4.78 is 26.3. The molecule has 2 bridgehead atoms. The summed E-state index contributed by atoms with van der Waals surface area (Å²) in [5, 5.41) is 13.0. The topological polar surface area (TPSA) is 91.0 Å². The standard InChI is InChI=1S/C21H23FN2O3S.CH2O2/c1-11-6-7-28-20(11)14-8-12(22)4-5-15(14)23-21(25)26-13-9-16-18-19(27-18)17(10-13)24(16,2)3;2-1-3/h4-8,13,16-19H,9-10H2,1-3H3;1H,(H,2,3)/t13?,16-,17+,18+,19-;. The van der Waals surface area contributed by atoms with Crippen LogP contribution in [0.5, 0.6) is 0 Å². The van der Waals surface area contributed by atoms with E-state index in [9.17, 15) is 9.18 Å². The number of hydrogen-bond acceptors (Lipinski definition) is 6. The van der Waals surface area contributed by atoms with Gasteiger partial charge >= 0.3 is 6.09 Å². The number of thiophene rings is 1. The van der Waals surface area contributed by atoms with Gasteiger partial charge in [0.25, 0.3) is 0 Å². The average molecular weight is 449 g/mol. The number of quaternary nitrogens is 1. The molecule has 166 valence electrons. The number of piperidine rings is 1. The highest BCUT2D eigenvalue weighted by Gasteiger charge is 2.70. The molecule has 3 aliphatic heterocycles. The molecule has 3 fully saturated rings. The number of fused-ring (bicyclic) bond motifs is 5. The van der Waals surface area contributed by atoms with Gasteiger partial charge in [-0.25, -0.2) is 9.18 Å². The number of morpholine rings is 1. The van der Waals surface area contributed by atoms with Gasteiger partial charge in [0.1, 0.15) is 36.2 Å². The maximum Gasteiger partial charge on any atom is 0.411 e. The second kappa shape index (κ2) is 8.22. The molecule has 31 heavy (non-hydrogen) atoms. The fourth-order valence-corrected chi connectivity index (χ4v) is 6.01. The van der Waals surface area contributed by atoms with Crippen molar-refractivity contribution in [1.82, 2.24) is 0 Å². The third-order valence-corrected chi connectivity index (χ3v) is 7.69. The lowest BCUT2D eigenvalue weighted by Crippen LogP contribution is -2.60. The van der Waals surface area contributed by atoms with E-state index in [2.05, 4.69) is 19.4 Å². The zero-order chi connectivity index (χ0) is 22.3. The molecule has 1 amide bonds. The maximum atomic E-state index is 13.8. The zero-order valence-corrected chi connectivity index (χ0v) is 18.4. The first-order chi connectivity index (χ1) is 14.8. The minimum Gasteiger partial charge on any atom is -0.554 e. The predicted molar refractivity (Wildman–Crippen MR) is 112 cm³/mol. The highest BCUT2D eigenvalue weighted by Crippen LogP contribution is 2.51. The number of carboxylic acid groups (broad SMARTS) is 1. The minimum atomic E-state index is -0.500. The highest BCUT2D eigenvalue weighted by molar-refractivity contribution is 7.13. The Morgan fingerprint density at radius 3 is 2.52 bits per heavy atom. The van der Waals surface area contributed by atoms with E-state index in [1.807, 2.05) is 18.4 Å². The number of nitrogens with one attached hydrogen (secondary N) is 1. The molecule has 1 aromatic heterocycles. The van der Waals surface area contributed by atoms with Crippen LogP contribution in [0.15, 0.2) is 29.6 Å². The molecule has 0 saturated carbocycles. The van der Waals surface area contributed by atoms with Crippen molar-refractivity contribution >= 4 is 29.6 Å². The molecule has 0 radical (unpaired) electrons. The van der Waals surface area contributed by atoms with E-state index in [4.69, 9.17) is 19.4 Å². The van der Waals surface area contributed by atoms with Crippen LogP contribution < -0.4 is 10.4 Å². The van der Waals surface area contributed by atoms with Crippen molar-refractivity contribution in [3.63, 3.8) is 0 Å². The third kappa shape index (κ3) is 4.05. The molecule has 5 rings (SSSR count). The van der Waals surface area contributed by atoms with Crippen molar-refractivity contribution in [3.05, 3.63) is 41.0 Å². The van der Waals surface area contributed by atoms with Crippen molar-refractivity contribution in [3.8, 4) is 10.4 Å². The summed E-state index contributed by atoms with van der Waals surface area (Å²) in [5.74, 6) is -0.329. The SMILES string of the molecule is Cc1ccsc1-c1cc(F)ccc1NC(=O)OC1C[C@@H]2[C@@H]3O[C@@H]3[C@H](C1)[N+]2(C)C.O=C[O-]. The highest BCUT2D eigenvalue weighted by atomic mass is 32.1. The largest absolute Gasteiger partial charge is 0.554 e. The number of epoxide rings is 1. The molecule has 2 aromatic rings. The van der Waals surface area contributed by atoms with Crippen molar-refractivity contribution < 1.29 is 33.0 Å². The summed E-state index contributed by atoms with van der Waals surface area (Å²) in [4.78, 5) is 21.8. The molecule has 5 atom stereocenters. The first-order valence-electron chi connectivity index (χ1n) is 10.1. The Morgan fingerprint density at radius 1 is 1.29 bits per heavy atom. The van der Waals surface area contributed by atoms with Gasteiger partial charge in [-0.1, -0.05) is 0 Å². The van der Waals surface area contributed by atoms with Gasteiger partial charge in [-0.2, -0.15) is 0 Å². The van der Waals surface area contributed by atoms with Crippen molar-refractivity contribution in [2.75, 3.05) is 19.4 Å². The second-order valence-electron chi connectivity index (χ2n) is 8.67. The number of carbonyl (C=O) groups is 2. The fourth-order valence-electron chi connectivity index (χ4n) is 5.05. The number of ether oxygens (including phenoxy) is 2. The van der Waals surface area contributed by atoms with Crippen LogP contribution in [-0.4, -0.2) is 61.5 Å². The Hall–Kier alpha value is -2.49. The van der Waals surface area contributed by atoms with E-state index in [1.54, 1.807) is 6.07 Å². The van der Waals surface area contributed by atoms with Gasteiger partial charge in [-0.15, -0.1) is 11.3 Å². The monoisotopic (exact) mass is 448 g/mol. The van der Waals surface area contributed by atoms with Gasteiger partial charge in [-0.3, -0.25) is 5.32 Å². The molecule has 0 aliphatic carbocycles. The van der Waals surface area contributed by atoms with Crippen LogP contribution in [0.25, 0.3) is 10.4 Å². The number of rotatable bonds is 3. The molecular formula is C22H25FN2O5S. The number of amides is 1. The Kier molecular flexibility index (Phi) is 5.76. The van der Waals surface area contributed by atoms with Gasteiger partial charge < -0.3 is 23.9 Å². The maximum absolute atomic E-state index is 13.8. The summed E-state index contributed by atoms with van der Waals surface area (Å²) in [7, 11) is 4.49. The van der Waals surface area contributed by atoms with E-state index in [0.29, 0.717) is 35.5 Å². The lowest BCUT2D eigenvalue weighted by Gasteiger charge is -2.45. The summed E-state index contributed by atoms with van der Waals surface area (Å²) in [6, 6.07) is 7.17. The van der Waals surface area contributed by atoms with E-state index < -0.39 is 12.6 Å². The smallest absolute Gasteiger partial charge is 0.411 e. The molecule has 0 spiro atoms. The normalized spacial score (nSPS) is 29.2. The number of aryl methyl sites for hydroxylation is 1. The molecule has 1 aromatic carbocycles. The summed E-state index contributed by atoms with van der Waals surface area (Å²) >= 11 is 1.53. The van der Waals surface area contributed by atoms with E-state index >= 15 is 0 Å². The molecule has 1 unspecified atom stereocenters. The quantitative estimate of drug-likeness (QED) is 0.443. The molecular weight excluding hydrogens is 423 g/mol. The molecule has 7 nitrogen and oxygen atoms in total. The Morgan fingerprint density at radius 2 is 1.94 bits per heavy atom. The van der Waals surface area contributed by atoms with Crippen LogP contribution in [0.1, 0.15) is 18.4 Å². The van der Waals surface area contributed by atoms with Crippen LogP contribution in [0.2, 0.25) is 0 Å². The molecule has 3 saturated heterocycles. The Labute approximate surface area is 184 Å². The summed E-state index contributed by atoms with van der Waals surface area (Å²) in [6.07, 6.45) is 1.69. The average Bonchev–Trinajstić information content (AvgIpc) is 3.34. The van der Waals surface area contributed by atoms with Crippen molar-refractivity contribution in [2.45, 2.75) is 50.2 Å². The van der Waals surface area contributed by atoms with Gasteiger partial charge in [0.15, 0.2) is 0 Å². The van der Waals surface area contributed by atoms with Crippen molar-refractivity contribution in [1.29, 1.82) is 0 Å². The summed E-state index contributed by atoms with van der Waals surface area (Å²) in [5.41, 5.74) is 2.30. The first-order valence-corrected chi connectivity index (χ1v) is 11.0. The van der Waals surface area contributed by atoms with Gasteiger partial charge in [0.2, 0.25) is 0 Å². The van der Waals surface area contributed by atoms with E-state index in [0.717, 1.165) is 27.8 Å². The lowest BCUT2D eigenvalue weighted by molar-refractivity contribution is -0.938. The Balaban J connectivity index is 0.000000730. The molecule has 1 N–H and O–H groups in total. The van der Waals surface area contributed by atoms with Crippen LogP contribution in [-0.2, 0) is 14.3 Å². The van der Waals surface area contributed by atoms with Gasteiger partial charge in [0.05, 0.1) is 19.8 Å².